The number of hydrogen-bond donors (Lipinski definition) is 0. The normalized spacial score (nSPS) is 32.8. The molecule has 0 saturated carbocycles. The summed E-state index contributed by atoms with van der Waals surface area (Å²) < 4.78 is 17.1. The van der Waals surface area contributed by atoms with E-state index in [1.54, 1.807) is 0 Å². The average molecular weight is 280 g/mol. The first kappa shape index (κ1) is 11.9. The smallest absolute Gasteiger partial charge is 0.112 e. The molecule has 7 rings (SSSR count). The van der Waals surface area contributed by atoms with E-state index in [9.17, 15) is 0 Å². The molecule has 0 radical (unpaired) electrons. The molecule has 2 aromatic rings. The molecule has 2 saturated heterocycles. The summed E-state index contributed by atoms with van der Waals surface area (Å²) in [6, 6.07) is 17.3. The highest BCUT2D eigenvalue weighted by Gasteiger charge is 2.43. The van der Waals surface area contributed by atoms with Gasteiger partial charge in [0.15, 0.2) is 0 Å². The zero-order chi connectivity index (χ0) is 13.8. The Bertz CT molecular complexity index is 602. The van der Waals surface area contributed by atoms with Gasteiger partial charge in [-0.3, -0.25) is 0 Å². The fourth-order valence-electron chi connectivity index (χ4n) is 3.16. The maximum atomic E-state index is 5.75. The van der Waals surface area contributed by atoms with Crippen LogP contribution in [0.25, 0.3) is 11.1 Å². The molecule has 0 amide bonds. The molecule has 2 aromatic carbocycles. The van der Waals surface area contributed by atoms with Gasteiger partial charge in [-0.1, -0.05) is 48.5 Å². The monoisotopic (exact) mass is 280 g/mol. The van der Waals surface area contributed by atoms with Crippen LogP contribution in [0.15, 0.2) is 48.5 Å². The van der Waals surface area contributed by atoms with Crippen molar-refractivity contribution in [3.63, 3.8) is 0 Å². The molecule has 5 aliphatic heterocycles. The Kier molecular flexibility index (Phi) is 2.50. The van der Waals surface area contributed by atoms with Crippen molar-refractivity contribution in [1.29, 1.82) is 0 Å². The zero-order valence-corrected chi connectivity index (χ0v) is 11.6. The van der Waals surface area contributed by atoms with E-state index in [4.69, 9.17) is 14.2 Å². The van der Waals surface area contributed by atoms with Gasteiger partial charge in [-0.15, -0.1) is 0 Å². The van der Waals surface area contributed by atoms with E-state index in [2.05, 4.69) is 48.5 Å². The van der Waals surface area contributed by atoms with E-state index in [0.29, 0.717) is 13.2 Å². The number of hydrogen-bond acceptors (Lipinski definition) is 3. The molecule has 5 heterocycles. The van der Waals surface area contributed by atoms with Gasteiger partial charge >= 0.3 is 0 Å². The van der Waals surface area contributed by atoms with Crippen LogP contribution < -0.4 is 0 Å². The summed E-state index contributed by atoms with van der Waals surface area (Å²) in [5, 5.41) is 0. The fraction of sp³-hybridized carbons (Fsp3) is 0.333. The Morgan fingerprint density at radius 1 is 0.619 bits per heavy atom. The minimum absolute atomic E-state index is 0.196. The first-order valence-electron chi connectivity index (χ1n) is 7.47. The molecule has 0 spiro atoms. The fourth-order valence-corrected chi connectivity index (χ4v) is 3.16. The number of benzene rings is 2. The summed E-state index contributed by atoms with van der Waals surface area (Å²) in [7, 11) is 0. The van der Waals surface area contributed by atoms with Crippen LogP contribution in [0, 0.1) is 0 Å². The van der Waals surface area contributed by atoms with Crippen molar-refractivity contribution in [3.05, 3.63) is 59.7 Å². The summed E-state index contributed by atoms with van der Waals surface area (Å²) in [6.45, 7) is 1.30. The SMILES string of the molecule is c1cc2ccc1-c1ccc(cc1)C1OC1COCC1OC21. The molecule has 0 aromatic heterocycles. The van der Waals surface area contributed by atoms with Crippen molar-refractivity contribution in [2.45, 2.75) is 24.4 Å². The van der Waals surface area contributed by atoms with Gasteiger partial charge in [0.1, 0.15) is 24.4 Å². The first-order valence-corrected chi connectivity index (χ1v) is 7.47. The van der Waals surface area contributed by atoms with Gasteiger partial charge in [0, 0.05) is 0 Å². The van der Waals surface area contributed by atoms with Gasteiger partial charge in [-0.05, 0) is 22.3 Å². The van der Waals surface area contributed by atoms with Gasteiger partial charge in [0.05, 0.1) is 13.2 Å². The molecular weight excluding hydrogens is 264 g/mol. The molecule has 3 nitrogen and oxygen atoms in total. The van der Waals surface area contributed by atoms with Gasteiger partial charge < -0.3 is 14.2 Å². The predicted molar refractivity (Wildman–Crippen MR) is 77.9 cm³/mol. The highest BCUT2D eigenvalue weighted by atomic mass is 16.6. The van der Waals surface area contributed by atoms with E-state index < -0.39 is 0 Å². The summed E-state index contributed by atoms with van der Waals surface area (Å²) in [5.74, 6) is 0. The Balaban J connectivity index is 1.53. The van der Waals surface area contributed by atoms with Gasteiger partial charge in [0.2, 0.25) is 0 Å². The topological polar surface area (TPSA) is 34.3 Å². The Morgan fingerprint density at radius 2 is 1.05 bits per heavy atom. The van der Waals surface area contributed by atoms with Crippen LogP contribution in [0.1, 0.15) is 23.3 Å². The van der Waals surface area contributed by atoms with Crippen LogP contribution >= 0.6 is 0 Å². The standard InChI is InChI=1S/C18H16O3/c1-5-13-6-2-11(1)12-3-7-14(8-4-12)18-16(21-18)10-19-9-15-17(13)20-15/h1-8,15-18H,9-10H2. The summed E-state index contributed by atoms with van der Waals surface area (Å²) in [4.78, 5) is 0. The van der Waals surface area contributed by atoms with Gasteiger partial charge in [0.25, 0.3) is 0 Å². The van der Waals surface area contributed by atoms with E-state index >= 15 is 0 Å². The molecule has 0 N–H and O–H groups in total. The molecule has 4 atom stereocenters. The van der Waals surface area contributed by atoms with Crippen molar-refractivity contribution in [3.8, 4) is 11.1 Å². The minimum Gasteiger partial charge on any atom is -0.376 e. The van der Waals surface area contributed by atoms with Gasteiger partial charge in [-0.25, -0.2) is 0 Å². The second-order valence-corrected chi connectivity index (χ2v) is 5.97. The van der Waals surface area contributed by atoms with Crippen molar-refractivity contribution >= 4 is 0 Å². The molecule has 5 aliphatic rings. The second-order valence-electron chi connectivity index (χ2n) is 5.97. The second kappa shape index (κ2) is 4.41. The summed E-state index contributed by atoms with van der Waals surface area (Å²) in [6.07, 6.45) is 0.793. The number of rotatable bonds is 0. The maximum Gasteiger partial charge on any atom is 0.112 e. The van der Waals surface area contributed by atoms with Crippen molar-refractivity contribution in [2.75, 3.05) is 13.2 Å². The lowest BCUT2D eigenvalue weighted by Gasteiger charge is -2.04. The van der Waals surface area contributed by atoms with E-state index in [0.717, 1.165) is 0 Å². The third-order valence-electron chi connectivity index (χ3n) is 4.54. The highest BCUT2D eigenvalue weighted by Crippen LogP contribution is 2.42. The molecular formula is C18H16O3. The van der Waals surface area contributed by atoms with Crippen LogP contribution in [0.5, 0.6) is 0 Å². The molecule has 4 bridgehead atoms. The Labute approximate surface area is 123 Å². The molecule has 3 heteroatoms. The highest BCUT2D eigenvalue weighted by molar-refractivity contribution is 5.64. The Morgan fingerprint density at radius 3 is 1.48 bits per heavy atom. The lowest BCUT2D eigenvalue weighted by atomic mass is 10.00. The van der Waals surface area contributed by atoms with E-state index in [-0.39, 0.29) is 24.4 Å². The quantitative estimate of drug-likeness (QED) is 0.695. The van der Waals surface area contributed by atoms with Crippen LogP contribution in [-0.2, 0) is 14.2 Å². The minimum atomic E-state index is 0.196. The van der Waals surface area contributed by atoms with Crippen molar-refractivity contribution < 1.29 is 14.2 Å². The number of ether oxygens (including phenoxy) is 3. The molecule has 0 aliphatic carbocycles. The van der Waals surface area contributed by atoms with Crippen LogP contribution in [0.4, 0.5) is 0 Å². The largest absolute Gasteiger partial charge is 0.376 e. The summed E-state index contributed by atoms with van der Waals surface area (Å²) in [5.41, 5.74) is 4.95. The average Bonchev–Trinajstić information content (AvgIpc) is 3.43. The molecule has 4 unspecified atom stereocenters. The first-order chi connectivity index (χ1) is 10.4. The van der Waals surface area contributed by atoms with Gasteiger partial charge in [-0.2, -0.15) is 0 Å². The van der Waals surface area contributed by atoms with Crippen molar-refractivity contribution in [1.82, 2.24) is 0 Å². The maximum absolute atomic E-state index is 5.75. The number of epoxide rings is 2. The van der Waals surface area contributed by atoms with Crippen LogP contribution in [0.3, 0.4) is 0 Å². The molecule has 21 heavy (non-hydrogen) atoms. The lowest BCUT2D eigenvalue weighted by Crippen LogP contribution is -2.08. The van der Waals surface area contributed by atoms with Crippen LogP contribution in [0.2, 0.25) is 0 Å². The summed E-state index contributed by atoms with van der Waals surface area (Å²) >= 11 is 0. The van der Waals surface area contributed by atoms with Crippen molar-refractivity contribution in [2.24, 2.45) is 0 Å². The molecule has 106 valence electrons. The van der Waals surface area contributed by atoms with E-state index in [1.807, 2.05) is 0 Å². The van der Waals surface area contributed by atoms with E-state index in [1.165, 1.54) is 22.3 Å². The van der Waals surface area contributed by atoms with Crippen LogP contribution in [-0.4, -0.2) is 25.4 Å². The number of fused-ring (bicyclic) bond motifs is 2. The zero-order valence-electron chi connectivity index (χ0n) is 11.6. The third-order valence-corrected chi connectivity index (χ3v) is 4.54. The lowest BCUT2D eigenvalue weighted by molar-refractivity contribution is 0.102. The Hall–Kier alpha value is -1.68. The predicted octanol–water partition coefficient (Wildman–Crippen LogP) is 3.26. The molecule has 2 fully saturated rings. The third kappa shape index (κ3) is 2.09.